The van der Waals surface area contributed by atoms with Gasteiger partial charge >= 0.3 is 0 Å². The third kappa shape index (κ3) is 2.42. The maximum atomic E-state index is 11.7. The molecule has 18 heavy (non-hydrogen) atoms. The highest BCUT2D eigenvalue weighted by molar-refractivity contribution is 7.91. The van der Waals surface area contributed by atoms with Gasteiger partial charge in [-0.05, 0) is 17.5 Å². The van der Waals surface area contributed by atoms with Crippen molar-refractivity contribution in [1.29, 1.82) is 0 Å². The summed E-state index contributed by atoms with van der Waals surface area (Å²) in [6.45, 7) is 2.09. The smallest absolute Gasteiger partial charge is 0.151 e. The largest absolute Gasteiger partial charge is 0.393 e. The fraction of sp³-hybridized carbons (Fsp3) is 0.462. The summed E-state index contributed by atoms with van der Waals surface area (Å²) in [4.78, 5) is 0.301. The number of hydrogen-bond donors (Lipinski definition) is 1. The van der Waals surface area contributed by atoms with Gasteiger partial charge in [0.1, 0.15) is 0 Å². The fourth-order valence-corrected chi connectivity index (χ4v) is 4.52. The number of benzene rings is 1. The van der Waals surface area contributed by atoms with Crippen molar-refractivity contribution in [1.82, 2.24) is 0 Å². The van der Waals surface area contributed by atoms with Gasteiger partial charge in [-0.1, -0.05) is 43.4 Å². The van der Waals surface area contributed by atoms with Gasteiger partial charge in [-0.3, -0.25) is 0 Å². The Morgan fingerprint density at radius 1 is 1.33 bits per heavy atom. The van der Waals surface area contributed by atoms with Gasteiger partial charge in [0.05, 0.1) is 10.2 Å². The van der Waals surface area contributed by atoms with E-state index < -0.39 is 15.1 Å². The Hall–Kier alpha value is -0.940. The summed E-state index contributed by atoms with van der Waals surface area (Å²) in [5, 5.41) is -0.442. The van der Waals surface area contributed by atoms with Crippen LogP contribution in [0, 0.1) is 5.92 Å². The van der Waals surface area contributed by atoms with Crippen molar-refractivity contribution in [2.24, 2.45) is 11.7 Å². The number of thiocarbonyl (C=S) groups is 1. The first kappa shape index (κ1) is 13.5. The average Bonchev–Trinajstić information content (AvgIpc) is 3.04. The molecule has 0 amide bonds. The molecule has 3 nitrogen and oxygen atoms in total. The molecule has 1 aliphatic carbocycles. The first-order chi connectivity index (χ1) is 8.36. The van der Waals surface area contributed by atoms with Crippen LogP contribution in [-0.4, -0.2) is 24.9 Å². The van der Waals surface area contributed by atoms with Gasteiger partial charge in [0.15, 0.2) is 9.84 Å². The Kier molecular flexibility index (Phi) is 3.47. The fourth-order valence-electron chi connectivity index (χ4n) is 2.53. The van der Waals surface area contributed by atoms with E-state index in [1.165, 1.54) is 11.8 Å². The molecule has 1 aromatic rings. The Bertz CT molecular complexity index is 563. The lowest BCUT2D eigenvalue weighted by molar-refractivity contribution is 0.599. The summed E-state index contributed by atoms with van der Waals surface area (Å²) < 4.78 is 23.4. The van der Waals surface area contributed by atoms with Crippen molar-refractivity contribution in [2.45, 2.75) is 24.5 Å². The van der Waals surface area contributed by atoms with Crippen LogP contribution in [0.2, 0.25) is 0 Å². The van der Waals surface area contributed by atoms with E-state index in [1.807, 2.05) is 24.3 Å². The van der Waals surface area contributed by atoms with Gasteiger partial charge in [0.2, 0.25) is 0 Å². The molecule has 1 saturated carbocycles. The highest BCUT2D eigenvalue weighted by atomic mass is 32.2. The molecule has 0 spiro atoms. The average molecular weight is 283 g/mol. The van der Waals surface area contributed by atoms with Gasteiger partial charge in [-0.2, -0.15) is 0 Å². The van der Waals surface area contributed by atoms with Crippen molar-refractivity contribution in [3.05, 3.63) is 35.4 Å². The minimum Gasteiger partial charge on any atom is -0.393 e. The van der Waals surface area contributed by atoms with Gasteiger partial charge in [0.25, 0.3) is 0 Å². The summed E-state index contributed by atoms with van der Waals surface area (Å²) in [6, 6.07) is 8.03. The Morgan fingerprint density at radius 3 is 2.22 bits per heavy atom. The zero-order valence-corrected chi connectivity index (χ0v) is 12.1. The Labute approximate surface area is 113 Å². The molecule has 5 heteroatoms. The number of nitrogens with two attached hydrogens (primary N) is 1. The van der Waals surface area contributed by atoms with Crippen LogP contribution in [0.25, 0.3) is 0 Å². The first-order valence-electron chi connectivity index (χ1n) is 5.93. The van der Waals surface area contributed by atoms with Crippen molar-refractivity contribution < 1.29 is 8.42 Å². The molecule has 0 aliphatic heterocycles. The minimum absolute atomic E-state index is 0.0663. The molecule has 3 atom stereocenters. The van der Waals surface area contributed by atoms with Gasteiger partial charge < -0.3 is 5.73 Å². The van der Waals surface area contributed by atoms with Crippen LogP contribution < -0.4 is 5.73 Å². The highest BCUT2D eigenvalue weighted by Gasteiger charge is 2.58. The molecule has 0 unspecified atom stereocenters. The molecule has 1 aliphatic rings. The molecular formula is C13H17NO2S2. The Morgan fingerprint density at radius 2 is 1.89 bits per heavy atom. The molecular weight excluding hydrogens is 266 g/mol. The lowest BCUT2D eigenvalue weighted by Crippen LogP contribution is -2.16. The molecule has 98 valence electrons. The third-order valence-corrected chi connectivity index (χ3v) is 5.40. The summed E-state index contributed by atoms with van der Waals surface area (Å²) >= 11 is 4.97. The van der Waals surface area contributed by atoms with Crippen molar-refractivity contribution in [3.8, 4) is 0 Å². The normalized spacial score (nSPS) is 26.9. The maximum Gasteiger partial charge on any atom is 0.151 e. The second-order valence-electron chi connectivity index (χ2n) is 4.84. The zero-order valence-electron chi connectivity index (χ0n) is 10.5. The number of sulfone groups is 1. The van der Waals surface area contributed by atoms with Crippen molar-refractivity contribution >= 4 is 27.0 Å². The van der Waals surface area contributed by atoms with E-state index in [0.29, 0.717) is 4.99 Å². The van der Waals surface area contributed by atoms with Gasteiger partial charge in [0, 0.05) is 18.1 Å². The highest BCUT2D eigenvalue weighted by Crippen LogP contribution is 2.52. The zero-order chi connectivity index (χ0) is 13.5. The predicted octanol–water partition coefficient (Wildman–Crippen LogP) is 1.66. The van der Waals surface area contributed by atoms with E-state index in [4.69, 9.17) is 18.0 Å². The number of rotatable bonds is 4. The van der Waals surface area contributed by atoms with Crippen molar-refractivity contribution in [2.75, 3.05) is 6.26 Å². The lowest BCUT2D eigenvalue weighted by atomic mass is 10.1. The number of aryl methyl sites for hydroxylation is 1. The summed E-state index contributed by atoms with van der Waals surface area (Å²) in [6.07, 6.45) is 2.22. The summed E-state index contributed by atoms with van der Waals surface area (Å²) in [5.41, 5.74) is 7.89. The first-order valence-corrected chi connectivity index (χ1v) is 8.29. The molecule has 0 heterocycles. The molecule has 0 bridgehead atoms. The SMILES string of the molecule is CCc1ccc([C@@H]2[C@H](C(N)=S)[C@H]2S(C)(=O)=O)cc1. The van der Waals surface area contributed by atoms with Crippen LogP contribution in [-0.2, 0) is 16.3 Å². The number of hydrogen-bond acceptors (Lipinski definition) is 3. The molecule has 2 N–H and O–H groups in total. The molecule has 0 radical (unpaired) electrons. The van der Waals surface area contributed by atoms with Crippen molar-refractivity contribution in [3.63, 3.8) is 0 Å². The second kappa shape index (κ2) is 4.63. The maximum absolute atomic E-state index is 11.7. The molecule has 1 fully saturated rings. The van der Waals surface area contributed by atoms with Crippen LogP contribution in [0.1, 0.15) is 24.0 Å². The molecule has 0 aromatic heterocycles. The topological polar surface area (TPSA) is 60.2 Å². The van der Waals surface area contributed by atoms with Gasteiger partial charge in [-0.25, -0.2) is 8.42 Å². The van der Waals surface area contributed by atoms with Crippen LogP contribution in [0.15, 0.2) is 24.3 Å². The van der Waals surface area contributed by atoms with Crippen LogP contribution >= 0.6 is 12.2 Å². The van der Waals surface area contributed by atoms with E-state index in [-0.39, 0.29) is 11.8 Å². The van der Waals surface area contributed by atoms with E-state index in [2.05, 4.69) is 6.92 Å². The van der Waals surface area contributed by atoms with E-state index >= 15 is 0 Å². The third-order valence-electron chi connectivity index (χ3n) is 3.55. The Balaban J connectivity index is 2.30. The van der Waals surface area contributed by atoms with Crippen LogP contribution in [0.4, 0.5) is 0 Å². The molecule has 2 rings (SSSR count). The molecule has 0 saturated heterocycles. The standard InChI is InChI=1S/C13H17NO2S2/c1-3-8-4-6-9(7-5-8)10-11(13(14)17)12(10)18(2,15)16/h4-7,10-12H,3H2,1-2H3,(H2,14,17)/t10-,11+,12+/m1/s1. The van der Waals surface area contributed by atoms with E-state index in [1.54, 1.807) is 0 Å². The molecule has 1 aromatic carbocycles. The lowest BCUT2D eigenvalue weighted by Gasteiger charge is -2.01. The van der Waals surface area contributed by atoms with Gasteiger partial charge in [-0.15, -0.1) is 0 Å². The summed E-state index contributed by atoms with van der Waals surface area (Å²) in [5.74, 6) is -0.272. The quantitative estimate of drug-likeness (QED) is 0.854. The minimum atomic E-state index is -3.10. The van der Waals surface area contributed by atoms with E-state index in [0.717, 1.165) is 12.0 Å². The van der Waals surface area contributed by atoms with E-state index in [9.17, 15) is 8.42 Å². The van der Waals surface area contributed by atoms with Crippen LogP contribution in [0.5, 0.6) is 0 Å². The summed E-state index contributed by atoms with van der Waals surface area (Å²) in [7, 11) is -3.10. The second-order valence-corrected chi connectivity index (χ2v) is 7.52. The predicted molar refractivity (Wildman–Crippen MR) is 77.5 cm³/mol. The van der Waals surface area contributed by atoms with Crippen LogP contribution in [0.3, 0.4) is 0 Å². The monoisotopic (exact) mass is 283 g/mol.